The molecule has 6 nitrogen and oxygen atoms in total. The van der Waals surface area contributed by atoms with Gasteiger partial charge in [-0.25, -0.2) is 4.98 Å². The summed E-state index contributed by atoms with van der Waals surface area (Å²) in [7, 11) is 6.07. The molecule has 0 radical (unpaired) electrons. The lowest BCUT2D eigenvalue weighted by molar-refractivity contribution is 0.264. The van der Waals surface area contributed by atoms with Gasteiger partial charge in [-0.2, -0.15) is 0 Å². The highest BCUT2D eigenvalue weighted by atomic mass is 16.3. The molecule has 1 heterocycles. The van der Waals surface area contributed by atoms with Crippen molar-refractivity contribution in [2.45, 2.75) is 25.4 Å². The van der Waals surface area contributed by atoms with Crippen LogP contribution in [0.1, 0.15) is 18.5 Å². The van der Waals surface area contributed by atoms with Crippen LogP contribution in [0.4, 0.5) is 0 Å². The largest absolute Gasteiger partial charge is 0.444 e. The van der Waals surface area contributed by atoms with Crippen molar-refractivity contribution in [3.63, 3.8) is 0 Å². The zero-order valence-corrected chi connectivity index (χ0v) is 15.2. The van der Waals surface area contributed by atoms with Gasteiger partial charge in [0.05, 0.1) is 12.2 Å². The van der Waals surface area contributed by atoms with E-state index in [2.05, 4.69) is 39.6 Å². The van der Waals surface area contributed by atoms with Gasteiger partial charge in [0.1, 0.15) is 6.26 Å². The predicted octanol–water partition coefficient (Wildman–Crippen LogP) is 2.35. The summed E-state index contributed by atoms with van der Waals surface area (Å²) in [4.78, 5) is 11.1. The number of aliphatic imine (C=N–C) groups is 1. The van der Waals surface area contributed by atoms with E-state index in [1.807, 2.05) is 30.3 Å². The molecular weight excluding hydrogens is 314 g/mol. The second kappa shape index (κ2) is 8.16. The van der Waals surface area contributed by atoms with Gasteiger partial charge in [0.25, 0.3) is 0 Å². The Balaban J connectivity index is 1.50. The molecule has 0 amide bonds. The monoisotopic (exact) mass is 341 g/mol. The van der Waals surface area contributed by atoms with Gasteiger partial charge in [0.15, 0.2) is 5.96 Å². The van der Waals surface area contributed by atoms with Crippen molar-refractivity contribution < 1.29 is 4.42 Å². The van der Waals surface area contributed by atoms with E-state index in [0.717, 1.165) is 29.7 Å². The Kier molecular flexibility index (Phi) is 5.71. The molecule has 6 heteroatoms. The van der Waals surface area contributed by atoms with E-state index in [9.17, 15) is 0 Å². The van der Waals surface area contributed by atoms with E-state index >= 15 is 0 Å². The van der Waals surface area contributed by atoms with Gasteiger partial charge in [0.2, 0.25) is 5.89 Å². The zero-order valence-electron chi connectivity index (χ0n) is 15.2. The van der Waals surface area contributed by atoms with Gasteiger partial charge in [0, 0.05) is 25.2 Å². The Bertz CT molecular complexity index is 689. The third-order valence-electron chi connectivity index (χ3n) is 4.54. The minimum atomic E-state index is 0.551. The molecule has 1 saturated carbocycles. The summed E-state index contributed by atoms with van der Waals surface area (Å²) >= 11 is 0. The van der Waals surface area contributed by atoms with Crippen molar-refractivity contribution in [3.8, 4) is 11.5 Å². The fraction of sp³-hybridized carbons (Fsp3) is 0.474. The number of hydrogen-bond acceptors (Lipinski definition) is 4. The Morgan fingerprint density at radius 2 is 2.04 bits per heavy atom. The molecule has 2 aromatic rings. The lowest BCUT2D eigenvalue weighted by atomic mass is 10.1. The van der Waals surface area contributed by atoms with Crippen LogP contribution in [0.3, 0.4) is 0 Å². The van der Waals surface area contributed by atoms with Gasteiger partial charge in [-0.1, -0.05) is 18.2 Å². The molecule has 0 saturated heterocycles. The molecule has 2 N–H and O–H groups in total. The lowest BCUT2D eigenvalue weighted by Gasteiger charge is -2.25. The molecule has 3 rings (SSSR count). The van der Waals surface area contributed by atoms with Crippen LogP contribution < -0.4 is 10.6 Å². The molecule has 1 aromatic carbocycles. The minimum absolute atomic E-state index is 0.551. The summed E-state index contributed by atoms with van der Waals surface area (Å²) in [5.41, 5.74) is 1.84. The molecule has 1 aliphatic carbocycles. The van der Waals surface area contributed by atoms with Gasteiger partial charge < -0.3 is 20.0 Å². The number of oxazole rings is 1. The number of benzene rings is 1. The van der Waals surface area contributed by atoms with E-state index in [1.165, 1.54) is 12.8 Å². The smallest absolute Gasteiger partial charge is 0.226 e. The number of hydrogen-bond donors (Lipinski definition) is 2. The van der Waals surface area contributed by atoms with Crippen molar-refractivity contribution in [2.24, 2.45) is 10.9 Å². The third kappa shape index (κ3) is 4.82. The highest BCUT2D eigenvalue weighted by Crippen LogP contribution is 2.34. The van der Waals surface area contributed by atoms with E-state index < -0.39 is 0 Å². The summed E-state index contributed by atoms with van der Waals surface area (Å²) in [6.07, 6.45) is 4.35. The van der Waals surface area contributed by atoms with Gasteiger partial charge in [-0.15, -0.1) is 0 Å². The van der Waals surface area contributed by atoms with Crippen LogP contribution in [0.15, 0.2) is 46.0 Å². The molecule has 134 valence electrons. The van der Waals surface area contributed by atoms with Crippen LogP contribution in [0.5, 0.6) is 0 Å². The van der Waals surface area contributed by atoms with E-state index in [-0.39, 0.29) is 0 Å². The second-order valence-electron chi connectivity index (χ2n) is 6.69. The summed E-state index contributed by atoms with van der Waals surface area (Å²) in [6.45, 7) is 1.47. The molecule has 1 unspecified atom stereocenters. The molecule has 1 fully saturated rings. The summed E-state index contributed by atoms with van der Waals surface area (Å²) in [5, 5.41) is 6.72. The van der Waals surface area contributed by atoms with Crippen LogP contribution in [-0.2, 0) is 6.54 Å². The molecule has 1 atom stereocenters. The molecule has 0 aliphatic heterocycles. The maximum Gasteiger partial charge on any atom is 0.226 e. The Hall–Kier alpha value is -2.34. The molecule has 0 bridgehead atoms. The van der Waals surface area contributed by atoms with Crippen molar-refractivity contribution in [1.29, 1.82) is 0 Å². The van der Waals surface area contributed by atoms with Crippen LogP contribution >= 0.6 is 0 Å². The second-order valence-corrected chi connectivity index (χ2v) is 6.69. The van der Waals surface area contributed by atoms with E-state index in [0.29, 0.717) is 18.5 Å². The number of aromatic nitrogens is 1. The predicted molar refractivity (Wildman–Crippen MR) is 100 cm³/mol. The van der Waals surface area contributed by atoms with Crippen LogP contribution in [0.25, 0.3) is 11.5 Å². The Labute approximate surface area is 149 Å². The maximum absolute atomic E-state index is 5.57. The van der Waals surface area contributed by atoms with E-state index in [4.69, 9.17) is 4.42 Å². The fourth-order valence-corrected chi connectivity index (χ4v) is 2.95. The first kappa shape index (κ1) is 17.5. The van der Waals surface area contributed by atoms with Gasteiger partial charge in [-0.05, 0) is 45.0 Å². The average molecular weight is 341 g/mol. The van der Waals surface area contributed by atoms with Gasteiger partial charge >= 0.3 is 0 Å². The van der Waals surface area contributed by atoms with Crippen LogP contribution in [0.2, 0.25) is 0 Å². The number of likely N-dealkylation sites (N-methyl/N-ethyl adjacent to an activating group) is 1. The van der Waals surface area contributed by atoms with E-state index in [1.54, 1.807) is 13.3 Å². The first-order valence-electron chi connectivity index (χ1n) is 8.78. The molecule has 25 heavy (non-hydrogen) atoms. The zero-order chi connectivity index (χ0) is 17.6. The topological polar surface area (TPSA) is 65.7 Å². The first-order chi connectivity index (χ1) is 12.2. The fourth-order valence-electron chi connectivity index (χ4n) is 2.95. The first-order valence-corrected chi connectivity index (χ1v) is 8.78. The average Bonchev–Trinajstić information content (AvgIpc) is 3.35. The number of nitrogens with zero attached hydrogens (tertiary/aromatic N) is 3. The maximum atomic E-state index is 5.57. The SMILES string of the molecule is CN=C(NCc1coc(-c2ccccc2)n1)NCC(C1CC1)N(C)C. The number of rotatable bonds is 7. The molecule has 1 aromatic heterocycles. The minimum Gasteiger partial charge on any atom is -0.444 e. The number of nitrogens with one attached hydrogen (secondary N) is 2. The highest BCUT2D eigenvalue weighted by Gasteiger charge is 2.32. The summed E-state index contributed by atoms with van der Waals surface area (Å²) in [5.74, 6) is 2.24. The van der Waals surface area contributed by atoms with Crippen molar-refractivity contribution in [2.75, 3.05) is 27.7 Å². The van der Waals surface area contributed by atoms with Crippen molar-refractivity contribution >= 4 is 5.96 Å². The Morgan fingerprint density at radius 3 is 2.68 bits per heavy atom. The van der Waals surface area contributed by atoms with Gasteiger partial charge in [-0.3, -0.25) is 4.99 Å². The quantitative estimate of drug-likeness (QED) is 0.598. The molecular formula is C19H27N5O. The van der Waals surface area contributed by atoms with Crippen LogP contribution in [0, 0.1) is 5.92 Å². The standard InChI is InChI=1S/C19H27N5O/c1-20-19(22-12-17(24(2)3)14-9-10-14)21-11-16-13-25-18(23-16)15-7-5-4-6-8-15/h4-8,13-14,17H,9-12H2,1-3H3,(H2,20,21,22). The van der Waals surface area contributed by atoms with Crippen molar-refractivity contribution in [3.05, 3.63) is 42.3 Å². The van der Waals surface area contributed by atoms with Crippen LogP contribution in [-0.4, -0.2) is 49.6 Å². The molecule has 1 aliphatic rings. The van der Waals surface area contributed by atoms with Crippen molar-refractivity contribution in [1.82, 2.24) is 20.5 Å². The normalized spacial score (nSPS) is 16.1. The Morgan fingerprint density at radius 1 is 1.28 bits per heavy atom. The summed E-state index contributed by atoms with van der Waals surface area (Å²) < 4.78 is 5.57. The molecule has 0 spiro atoms. The highest BCUT2D eigenvalue weighted by molar-refractivity contribution is 5.79. The number of guanidine groups is 1. The summed E-state index contributed by atoms with van der Waals surface area (Å²) in [6, 6.07) is 10.5. The third-order valence-corrected chi connectivity index (χ3v) is 4.54. The lowest BCUT2D eigenvalue weighted by Crippen LogP contribution is -2.45.